The number of halogens is 3. The molecule has 9 heteroatoms. The third-order valence-corrected chi connectivity index (χ3v) is 6.31. The van der Waals surface area contributed by atoms with Crippen LogP contribution in [0.3, 0.4) is 0 Å². The molecule has 0 spiro atoms. The van der Waals surface area contributed by atoms with Crippen molar-refractivity contribution in [2.75, 3.05) is 31.1 Å². The summed E-state index contributed by atoms with van der Waals surface area (Å²) in [6.07, 6.45) is -1.43. The van der Waals surface area contributed by atoms with E-state index in [1.54, 1.807) is 4.90 Å². The average Bonchev–Trinajstić information content (AvgIpc) is 3.28. The maximum atomic E-state index is 13.9. The molecule has 1 saturated heterocycles. The third kappa shape index (κ3) is 4.21. The zero-order valence-electron chi connectivity index (χ0n) is 18.5. The van der Waals surface area contributed by atoms with Crippen LogP contribution >= 0.6 is 11.6 Å². The molecule has 1 amide bonds. The second kappa shape index (κ2) is 9.02. The normalized spacial score (nSPS) is 14.3. The van der Waals surface area contributed by atoms with Crippen LogP contribution in [0.15, 0.2) is 60.8 Å². The van der Waals surface area contributed by atoms with Crippen LogP contribution < -0.4 is 4.90 Å². The minimum Gasteiger partial charge on any atom is -0.368 e. The number of benzene rings is 2. The number of carbonyl (C=O) groups excluding carboxylic acids is 1. The highest BCUT2D eigenvalue weighted by Gasteiger charge is 2.27. The Balaban J connectivity index is 1.43. The van der Waals surface area contributed by atoms with Crippen molar-refractivity contribution in [1.82, 2.24) is 19.5 Å². The maximum absolute atomic E-state index is 13.9. The lowest BCUT2D eigenvalue weighted by Gasteiger charge is -2.36. The van der Waals surface area contributed by atoms with Crippen molar-refractivity contribution in [2.24, 2.45) is 0 Å². The predicted molar refractivity (Wildman–Crippen MR) is 128 cm³/mol. The van der Waals surface area contributed by atoms with E-state index < -0.39 is 6.43 Å². The third-order valence-electron chi connectivity index (χ3n) is 6.06. The van der Waals surface area contributed by atoms with E-state index in [-0.39, 0.29) is 22.8 Å². The fourth-order valence-electron chi connectivity index (χ4n) is 4.15. The number of alkyl halides is 2. The van der Waals surface area contributed by atoms with Gasteiger partial charge in [-0.15, -0.1) is 0 Å². The summed E-state index contributed by atoms with van der Waals surface area (Å²) in [5, 5.41) is 4.75. The monoisotopic (exact) mass is 481 g/mol. The van der Waals surface area contributed by atoms with E-state index in [1.807, 2.05) is 55.5 Å². The molecule has 34 heavy (non-hydrogen) atoms. The summed E-state index contributed by atoms with van der Waals surface area (Å²) >= 11 is 5.98. The van der Waals surface area contributed by atoms with Crippen molar-refractivity contribution < 1.29 is 13.6 Å². The summed E-state index contributed by atoms with van der Waals surface area (Å²) < 4.78 is 28.8. The van der Waals surface area contributed by atoms with Gasteiger partial charge in [0.05, 0.1) is 11.9 Å². The number of aryl methyl sites for hydroxylation is 1. The van der Waals surface area contributed by atoms with Gasteiger partial charge in [-0.05, 0) is 37.3 Å². The Kier molecular flexibility index (Phi) is 5.91. The number of carbonyl (C=O) groups is 1. The van der Waals surface area contributed by atoms with E-state index in [2.05, 4.69) is 15.0 Å². The molecule has 0 saturated carbocycles. The van der Waals surface area contributed by atoms with E-state index >= 15 is 0 Å². The van der Waals surface area contributed by atoms with Crippen LogP contribution in [0.25, 0.3) is 16.9 Å². The van der Waals surface area contributed by atoms with Crippen LogP contribution in [-0.4, -0.2) is 51.6 Å². The van der Waals surface area contributed by atoms with Gasteiger partial charge >= 0.3 is 0 Å². The molecule has 0 unspecified atom stereocenters. The minimum atomic E-state index is -2.76. The van der Waals surface area contributed by atoms with Crippen LogP contribution in [0.5, 0.6) is 0 Å². The zero-order chi connectivity index (χ0) is 23.8. The summed E-state index contributed by atoms with van der Waals surface area (Å²) in [6.45, 7) is 4.25. The summed E-state index contributed by atoms with van der Waals surface area (Å²) in [5.74, 6) is -0.264. The molecule has 0 bridgehead atoms. The van der Waals surface area contributed by atoms with Gasteiger partial charge in [0.25, 0.3) is 12.3 Å². The van der Waals surface area contributed by atoms with Gasteiger partial charge in [-0.2, -0.15) is 5.10 Å². The van der Waals surface area contributed by atoms with Gasteiger partial charge in [-0.3, -0.25) is 4.79 Å². The highest BCUT2D eigenvalue weighted by Crippen LogP contribution is 2.28. The number of fused-ring (bicyclic) bond motifs is 1. The number of amides is 1. The van der Waals surface area contributed by atoms with Gasteiger partial charge in [0.1, 0.15) is 11.3 Å². The van der Waals surface area contributed by atoms with E-state index in [0.29, 0.717) is 42.5 Å². The molecule has 1 aliphatic rings. The molecular formula is C25H22ClF2N5O. The molecule has 5 rings (SSSR count). The molecule has 0 aliphatic carbocycles. The number of piperazine rings is 1. The lowest BCUT2D eigenvalue weighted by molar-refractivity contribution is 0.0748. The minimum absolute atomic E-state index is 0.138. The lowest BCUT2D eigenvalue weighted by Crippen LogP contribution is -2.48. The van der Waals surface area contributed by atoms with Crippen LogP contribution in [-0.2, 0) is 0 Å². The van der Waals surface area contributed by atoms with Crippen LogP contribution in [0, 0.1) is 6.92 Å². The number of hydrogen-bond donors (Lipinski definition) is 0. The Bertz CT molecular complexity index is 1330. The molecule has 4 aromatic rings. The first kappa shape index (κ1) is 22.3. The molecule has 0 atom stereocenters. The number of aromatic nitrogens is 3. The summed E-state index contributed by atoms with van der Waals surface area (Å²) in [6, 6.07) is 16.4. The standard InChI is InChI=1S/C25H22ClF2N5O/c1-16-2-4-17(5-3-16)21-14-22(23(27)28)33-24(30-21)20(15-29-33)25(34)32-12-10-31(11-13-32)19-8-6-18(26)7-9-19/h2-9,14-15,23H,10-13H2,1H3. The number of anilines is 1. The van der Waals surface area contributed by atoms with Gasteiger partial charge in [-0.25, -0.2) is 18.3 Å². The van der Waals surface area contributed by atoms with Crippen molar-refractivity contribution in [3.05, 3.63) is 82.6 Å². The fraction of sp³-hybridized carbons (Fsp3) is 0.240. The van der Waals surface area contributed by atoms with Crippen molar-refractivity contribution in [2.45, 2.75) is 13.3 Å². The summed E-state index contributed by atoms with van der Waals surface area (Å²) in [5.41, 5.74) is 3.23. The topological polar surface area (TPSA) is 53.7 Å². The van der Waals surface area contributed by atoms with Gasteiger partial charge in [0.15, 0.2) is 5.65 Å². The lowest BCUT2D eigenvalue weighted by atomic mass is 10.1. The maximum Gasteiger partial charge on any atom is 0.280 e. The molecule has 3 heterocycles. The SMILES string of the molecule is Cc1ccc(-c2cc(C(F)F)n3ncc(C(=O)N4CCN(c5ccc(Cl)cc5)CC4)c3n2)cc1. The zero-order valence-corrected chi connectivity index (χ0v) is 19.2. The van der Waals surface area contributed by atoms with Crippen LogP contribution in [0.4, 0.5) is 14.5 Å². The van der Waals surface area contributed by atoms with E-state index in [1.165, 1.54) is 12.3 Å². The van der Waals surface area contributed by atoms with E-state index in [0.717, 1.165) is 15.8 Å². The van der Waals surface area contributed by atoms with Gasteiger partial charge in [-0.1, -0.05) is 41.4 Å². The molecule has 2 aromatic heterocycles. The number of hydrogen-bond acceptors (Lipinski definition) is 4. The van der Waals surface area contributed by atoms with Gasteiger partial charge in [0.2, 0.25) is 0 Å². The first-order chi connectivity index (χ1) is 16.4. The fourth-order valence-corrected chi connectivity index (χ4v) is 4.28. The molecular weight excluding hydrogens is 460 g/mol. The second-order valence-electron chi connectivity index (χ2n) is 8.28. The number of rotatable bonds is 4. The molecule has 0 radical (unpaired) electrons. The van der Waals surface area contributed by atoms with Gasteiger partial charge in [0, 0.05) is 42.5 Å². The van der Waals surface area contributed by atoms with Crippen LogP contribution in [0.2, 0.25) is 5.02 Å². The predicted octanol–water partition coefficient (Wildman–Crippen LogP) is 5.26. The van der Waals surface area contributed by atoms with E-state index in [9.17, 15) is 13.6 Å². The Morgan fingerprint density at radius 2 is 1.68 bits per heavy atom. The first-order valence-electron chi connectivity index (χ1n) is 10.9. The van der Waals surface area contributed by atoms with Crippen molar-refractivity contribution in [3.63, 3.8) is 0 Å². The largest absolute Gasteiger partial charge is 0.368 e. The smallest absolute Gasteiger partial charge is 0.280 e. The first-order valence-corrected chi connectivity index (χ1v) is 11.3. The van der Waals surface area contributed by atoms with Crippen LogP contribution in [0.1, 0.15) is 28.0 Å². The van der Waals surface area contributed by atoms with Crippen molar-refractivity contribution >= 4 is 28.8 Å². The molecule has 2 aromatic carbocycles. The second-order valence-corrected chi connectivity index (χ2v) is 8.72. The summed E-state index contributed by atoms with van der Waals surface area (Å²) in [7, 11) is 0. The average molecular weight is 482 g/mol. The highest BCUT2D eigenvalue weighted by atomic mass is 35.5. The Morgan fingerprint density at radius 3 is 2.32 bits per heavy atom. The van der Waals surface area contributed by atoms with Gasteiger partial charge < -0.3 is 9.80 Å². The summed E-state index contributed by atoms with van der Waals surface area (Å²) in [4.78, 5) is 21.8. The Labute approximate surface area is 200 Å². The molecule has 0 N–H and O–H groups in total. The highest BCUT2D eigenvalue weighted by molar-refractivity contribution is 6.30. The van der Waals surface area contributed by atoms with Crippen molar-refractivity contribution in [3.8, 4) is 11.3 Å². The molecule has 6 nitrogen and oxygen atoms in total. The molecule has 174 valence electrons. The Morgan fingerprint density at radius 1 is 1.00 bits per heavy atom. The van der Waals surface area contributed by atoms with E-state index in [4.69, 9.17) is 11.6 Å². The molecule has 1 fully saturated rings. The molecule has 1 aliphatic heterocycles. The number of nitrogens with zero attached hydrogens (tertiary/aromatic N) is 5. The van der Waals surface area contributed by atoms with Crippen molar-refractivity contribution in [1.29, 1.82) is 0 Å². The quantitative estimate of drug-likeness (QED) is 0.399. The Hall–Kier alpha value is -3.52.